The zero-order valence-electron chi connectivity index (χ0n) is 16.0. The second-order valence-electron chi connectivity index (χ2n) is 6.91. The minimum Gasteiger partial charge on any atom is -0.439 e. The van der Waals surface area contributed by atoms with E-state index >= 15 is 0 Å². The molecule has 3 aromatic rings. The van der Waals surface area contributed by atoms with Crippen molar-refractivity contribution < 1.29 is 9.53 Å². The monoisotopic (exact) mass is 471 g/mol. The summed E-state index contributed by atoms with van der Waals surface area (Å²) < 4.78 is 6.68. The highest BCUT2D eigenvalue weighted by molar-refractivity contribution is 9.10. The second-order valence-corrected chi connectivity index (χ2v) is 8.86. The molecule has 29 heavy (non-hydrogen) atoms. The third-order valence-corrected chi connectivity index (χ3v) is 6.35. The van der Waals surface area contributed by atoms with Gasteiger partial charge in [0, 0.05) is 54.3 Å². The Morgan fingerprint density at radius 1 is 1.10 bits per heavy atom. The van der Waals surface area contributed by atoms with Crippen LogP contribution in [-0.4, -0.2) is 53.4 Å². The molecule has 3 heterocycles. The molecule has 0 N–H and O–H groups in total. The number of aromatic nitrogens is 1. The standard InChI is InChI=1S/C22H22BrN3O2S/c23-18-3-1-4-19(15-18)28-21-7-6-17(16-24-21)22(27)26-12-10-25(11-13-26)9-8-20-5-2-14-29-20/h1-7,14-16H,8-13H2. The fraction of sp³-hybridized carbons (Fsp3) is 0.273. The van der Waals surface area contributed by atoms with Crippen molar-refractivity contribution in [3.63, 3.8) is 0 Å². The number of pyridine rings is 1. The first-order valence-electron chi connectivity index (χ1n) is 9.61. The van der Waals surface area contributed by atoms with Crippen LogP contribution in [0.1, 0.15) is 15.2 Å². The molecular formula is C22H22BrN3O2S. The quantitative estimate of drug-likeness (QED) is 0.522. The summed E-state index contributed by atoms with van der Waals surface area (Å²) in [7, 11) is 0. The minimum absolute atomic E-state index is 0.0319. The second kappa shape index (κ2) is 9.52. The van der Waals surface area contributed by atoms with E-state index in [1.54, 1.807) is 29.7 Å². The summed E-state index contributed by atoms with van der Waals surface area (Å²) in [6.45, 7) is 4.37. The maximum Gasteiger partial charge on any atom is 0.255 e. The zero-order valence-corrected chi connectivity index (χ0v) is 18.4. The first-order chi connectivity index (χ1) is 14.2. The predicted octanol–water partition coefficient (Wildman–Crippen LogP) is 4.70. The smallest absolute Gasteiger partial charge is 0.255 e. The summed E-state index contributed by atoms with van der Waals surface area (Å²) in [5.74, 6) is 1.20. The average molecular weight is 472 g/mol. The number of thiophene rings is 1. The Morgan fingerprint density at radius 2 is 1.97 bits per heavy atom. The molecule has 0 atom stereocenters. The number of nitrogens with zero attached hydrogens (tertiary/aromatic N) is 3. The van der Waals surface area contributed by atoms with Gasteiger partial charge in [0.15, 0.2) is 0 Å². The predicted molar refractivity (Wildman–Crippen MR) is 119 cm³/mol. The van der Waals surface area contributed by atoms with Crippen LogP contribution < -0.4 is 4.74 Å². The Labute approximate surface area is 183 Å². The number of carbonyl (C=O) groups excluding carboxylic acids is 1. The van der Waals surface area contributed by atoms with E-state index in [1.165, 1.54) is 4.88 Å². The first-order valence-corrected chi connectivity index (χ1v) is 11.3. The Morgan fingerprint density at radius 3 is 2.66 bits per heavy atom. The van der Waals surface area contributed by atoms with Gasteiger partial charge in [-0.1, -0.05) is 28.1 Å². The normalized spacial score (nSPS) is 14.7. The average Bonchev–Trinajstić information content (AvgIpc) is 3.26. The van der Waals surface area contributed by atoms with Crippen LogP contribution in [-0.2, 0) is 6.42 Å². The molecule has 4 rings (SSSR count). The van der Waals surface area contributed by atoms with E-state index in [9.17, 15) is 4.79 Å². The van der Waals surface area contributed by atoms with Crippen LogP contribution in [0.2, 0.25) is 0 Å². The molecule has 1 aromatic carbocycles. The van der Waals surface area contributed by atoms with Gasteiger partial charge in [0.1, 0.15) is 5.75 Å². The van der Waals surface area contributed by atoms with Gasteiger partial charge in [0.2, 0.25) is 5.88 Å². The van der Waals surface area contributed by atoms with Crippen molar-refractivity contribution in [3.8, 4) is 11.6 Å². The van der Waals surface area contributed by atoms with Crippen molar-refractivity contribution in [1.82, 2.24) is 14.8 Å². The Balaban J connectivity index is 1.28. The van der Waals surface area contributed by atoms with Gasteiger partial charge in [-0.25, -0.2) is 4.98 Å². The lowest BCUT2D eigenvalue weighted by Gasteiger charge is -2.34. The van der Waals surface area contributed by atoms with Crippen molar-refractivity contribution in [3.05, 3.63) is 75.0 Å². The minimum atomic E-state index is 0.0319. The van der Waals surface area contributed by atoms with Crippen molar-refractivity contribution in [2.75, 3.05) is 32.7 Å². The third kappa shape index (κ3) is 5.44. The molecule has 0 aliphatic carbocycles. The number of benzene rings is 1. The summed E-state index contributed by atoms with van der Waals surface area (Å²) in [5, 5.41) is 2.12. The topological polar surface area (TPSA) is 45.7 Å². The number of piperazine rings is 1. The van der Waals surface area contributed by atoms with Crippen LogP contribution in [0.4, 0.5) is 0 Å². The molecule has 1 amide bonds. The van der Waals surface area contributed by atoms with Crippen molar-refractivity contribution in [2.24, 2.45) is 0 Å². The molecule has 0 radical (unpaired) electrons. The summed E-state index contributed by atoms with van der Waals surface area (Å²) in [5.41, 5.74) is 0.596. The fourth-order valence-corrected chi connectivity index (χ4v) is 4.38. The number of rotatable bonds is 6. The van der Waals surface area contributed by atoms with Gasteiger partial charge in [-0.15, -0.1) is 11.3 Å². The molecule has 0 bridgehead atoms. The lowest BCUT2D eigenvalue weighted by molar-refractivity contribution is 0.0638. The highest BCUT2D eigenvalue weighted by atomic mass is 79.9. The highest BCUT2D eigenvalue weighted by Gasteiger charge is 2.22. The van der Waals surface area contributed by atoms with E-state index in [-0.39, 0.29) is 5.91 Å². The first kappa shape index (κ1) is 20.1. The van der Waals surface area contributed by atoms with Crippen LogP contribution >= 0.6 is 27.3 Å². The number of amides is 1. The van der Waals surface area contributed by atoms with E-state index in [1.807, 2.05) is 29.2 Å². The molecule has 1 aliphatic heterocycles. The molecule has 150 valence electrons. The molecule has 0 spiro atoms. The van der Waals surface area contributed by atoms with E-state index in [0.717, 1.165) is 43.6 Å². The van der Waals surface area contributed by atoms with Gasteiger partial charge in [-0.3, -0.25) is 9.69 Å². The van der Waals surface area contributed by atoms with Crippen LogP contribution in [0.25, 0.3) is 0 Å². The molecule has 2 aromatic heterocycles. The molecule has 1 saturated heterocycles. The van der Waals surface area contributed by atoms with E-state index in [4.69, 9.17) is 4.74 Å². The molecule has 7 heteroatoms. The van der Waals surface area contributed by atoms with Crippen LogP contribution in [0.3, 0.4) is 0 Å². The summed E-state index contributed by atoms with van der Waals surface area (Å²) in [6, 6.07) is 15.4. The zero-order chi connectivity index (χ0) is 20.1. The van der Waals surface area contributed by atoms with Crippen LogP contribution in [0.5, 0.6) is 11.6 Å². The maximum absolute atomic E-state index is 12.8. The van der Waals surface area contributed by atoms with Crippen molar-refractivity contribution in [2.45, 2.75) is 6.42 Å². The maximum atomic E-state index is 12.8. The van der Waals surface area contributed by atoms with Crippen LogP contribution in [0, 0.1) is 0 Å². The van der Waals surface area contributed by atoms with Crippen molar-refractivity contribution in [1.29, 1.82) is 0 Å². The van der Waals surface area contributed by atoms with Gasteiger partial charge in [0.25, 0.3) is 5.91 Å². The molecule has 5 nitrogen and oxygen atoms in total. The number of halogens is 1. The lowest BCUT2D eigenvalue weighted by atomic mass is 10.2. The largest absolute Gasteiger partial charge is 0.439 e. The molecule has 0 saturated carbocycles. The van der Waals surface area contributed by atoms with E-state index in [0.29, 0.717) is 17.2 Å². The van der Waals surface area contributed by atoms with E-state index in [2.05, 4.69) is 43.3 Å². The number of hydrogen-bond donors (Lipinski definition) is 0. The number of hydrogen-bond acceptors (Lipinski definition) is 5. The Bertz CT molecular complexity index is 939. The van der Waals surface area contributed by atoms with Gasteiger partial charge < -0.3 is 9.64 Å². The fourth-order valence-electron chi connectivity index (χ4n) is 3.30. The molecule has 1 aliphatic rings. The van der Waals surface area contributed by atoms with Gasteiger partial charge in [-0.05, 0) is 42.1 Å². The summed E-state index contributed by atoms with van der Waals surface area (Å²) in [4.78, 5) is 22.8. The van der Waals surface area contributed by atoms with Gasteiger partial charge in [0.05, 0.1) is 5.56 Å². The Hall–Kier alpha value is -2.22. The van der Waals surface area contributed by atoms with Gasteiger partial charge >= 0.3 is 0 Å². The Kier molecular flexibility index (Phi) is 6.59. The van der Waals surface area contributed by atoms with Crippen LogP contribution in [0.15, 0.2) is 64.6 Å². The van der Waals surface area contributed by atoms with Crippen molar-refractivity contribution >= 4 is 33.2 Å². The SMILES string of the molecule is O=C(c1ccc(Oc2cccc(Br)c2)nc1)N1CCN(CCc2cccs2)CC1. The summed E-state index contributed by atoms with van der Waals surface area (Å²) >= 11 is 5.23. The lowest BCUT2D eigenvalue weighted by Crippen LogP contribution is -2.49. The molecule has 0 unspecified atom stereocenters. The molecular weight excluding hydrogens is 450 g/mol. The summed E-state index contributed by atoms with van der Waals surface area (Å²) in [6.07, 6.45) is 2.67. The number of carbonyl (C=O) groups is 1. The highest BCUT2D eigenvalue weighted by Crippen LogP contribution is 2.23. The van der Waals surface area contributed by atoms with E-state index < -0.39 is 0 Å². The molecule has 1 fully saturated rings. The number of ether oxygens (including phenoxy) is 1. The van der Waals surface area contributed by atoms with Gasteiger partial charge in [-0.2, -0.15) is 0 Å². The third-order valence-electron chi connectivity index (χ3n) is 4.92.